The summed E-state index contributed by atoms with van der Waals surface area (Å²) in [5.74, 6) is 0.746. The zero-order chi connectivity index (χ0) is 13.2. The molecule has 2 atom stereocenters. The summed E-state index contributed by atoms with van der Waals surface area (Å²) in [7, 11) is 0. The second-order valence-electron chi connectivity index (χ2n) is 5.51. The van der Waals surface area contributed by atoms with Gasteiger partial charge in [0.2, 0.25) is 0 Å². The quantitative estimate of drug-likeness (QED) is 0.885. The molecule has 1 N–H and O–H groups in total. The fraction of sp³-hybridized carbons (Fsp3) is 0.800. The van der Waals surface area contributed by atoms with Gasteiger partial charge in [0, 0.05) is 4.88 Å². The van der Waals surface area contributed by atoms with Crippen molar-refractivity contribution < 1.29 is 0 Å². The predicted octanol–water partition coefficient (Wildman–Crippen LogP) is 4.16. The van der Waals surface area contributed by atoms with E-state index in [0.29, 0.717) is 0 Å². The van der Waals surface area contributed by atoms with Crippen LogP contribution in [0.4, 0.5) is 0 Å². The molecule has 1 fully saturated rings. The van der Waals surface area contributed by atoms with Crippen molar-refractivity contribution in [2.75, 3.05) is 6.54 Å². The van der Waals surface area contributed by atoms with Gasteiger partial charge in [0.1, 0.15) is 5.01 Å². The van der Waals surface area contributed by atoms with Gasteiger partial charge in [-0.2, -0.15) is 0 Å². The average molecular weight is 266 g/mol. The molecule has 18 heavy (non-hydrogen) atoms. The summed E-state index contributed by atoms with van der Waals surface area (Å²) in [5.41, 5.74) is 1.37. The van der Waals surface area contributed by atoms with Gasteiger partial charge in [-0.1, -0.05) is 33.1 Å². The summed E-state index contributed by atoms with van der Waals surface area (Å²) >= 11 is 1.91. The van der Waals surface area contributed by atoms with Crippen molar-refractivity contribution in [1.82, 2.24) is 10.3 Å². The van der Waals surface area contributed by atoms with Crippen molar-refractivity contribution >= 4 is 11.3 Å². The van der Waals surface area contributed by atoms with Crippen LogP contribution in [0.5, 0.6) is 0 Å². The molecule has 1 aromatic heterocycles. The number of hydrogen-bond donors (Lipinski definition) is 1. The fourth-order valence-electron chi connectivity index (χ4n) is 3.37. The second-order valence-corrected chi connectivity index (χ2v) is 6.72. The smallest absolute Gasteiger partial charge is 0.114 e. The van der Waals surface area contributed by atoms with Crippen LogP contribution in [0, 0.1) is 19.8 Å². The lowest BCUT2D eigenvalue weighted by atomic mass is 9.71. The minimum Gasteiger partial charge on any atom is -0.305 e. The summed E-state index contributed by atoms with van der Waals surface area (Å²) < 4.78 is 0. The van der Waals surface area contributed by atoms with Gasteiger partial charge >= 0.3 is 0 Å². The molecule has 2 unspecified atom stereocenters. The molecule has 1 aliphatic rings. The Bertz CT molecular complexity index is 376. The first-order chi connectivity index (χ1) is 8.64. The molecule has 2 rings (SSSR count). The Balaban J connectivity index is 2.40. The Labute approximate surface area is 115 Å². The highest BCUT2D eigenvalue weighted by Gasteiger charge is 2.42. The summed E-state index contributed by atoms with van der Waals surface area (Å²) in [6, 6.07) is 0. The van der Waals surface area contributed by atoms with Crippen LogP contribution >= 0.6 is 11.3 Å². The van der Waals surface area contributed by atoms with E-state index in [-0.39, 0.29) is 5.54 Å². The second kappa shape index (κ2) is 5.70. The normalized spacial score (nSPS) is 28.6. The highest BCUT2D eigenvalue weighted by molar-refractivity contribution is 7.11. The van der Waals surface area contributed by atoms with E-state index in [1.165, 1.54) is 47.7 Å². The predicted molar refractivity (Wildman–Crippen MR) is 79.2 cm³/mol. The molecule has 0 amide bonds. The fourth-order valence-corrected chi connectivity index (χ4v) is 4.56. The largest absolute Gasteiger partial charge is 0.305 e. The average Bonchev–Trinajstić information content (AvgIpc) is 2.71. The van der Waals surface area contributed by atoms with Gasteiger partial charge < -0.3 is 5.32 Å². The number of rotatable bonds is 4. The van der Waals surface area contributed by atoms with Crippen molar-refractivity contribution in [3.63, 3.8) is 0 Å². The lowest BCUT2D eigenvalue weighted by Crippen LogP contribution is -2.50. The van der Waals surface area contributed by atoms with Crippen molar-refractivity contribution in [2.24, 2.45) is 5.92 Å². The molecule has 1 heterocycles. The lowest BCUT2D eigenvalue weighted by Gasteiger charge is -2.43. The third-order valence-corrected chi connectivity index (χ3v) is 5.72. The molecule has 3 heteroatoms. The van der Waals surface area contributed by atoms with Crippen LogP contribution in [0.25, 0.3) is 0 Å². The van der Waals surface area contributed by atoms with Crippen LogP contribution in [-0.2, 0) is 5.54 Å². The molecule has 0 aromatic carbocycles. The van der Waals surface area contributed by atoms with Crippen molar-refractivity contribution in [2.45, 2.75) is 65.3 Å². The van der Waals surface area contributed by atoms with Crippen LogP contribution in [0.15, 0.2) is 0 Å². The van der Waals surface area contributed by atoms with E-state index in [2.05, 4.69) is 33.0 Å². The maximum absolute atomic E-state index is 4.88. The molecule has 0 radical (unpaired) electrons. The van der Waals surface area contributed by atoms with Crippen LogP contribution in [-0.4, -0.2) is 11.5 Å². The summed E-state index contributed by atoms with van der Waals surface area (Å²) in [4.78, 5) is 6.26. The molecule has 0 bridgehead atoms. The first-order valence-corrected chi connectivity index (χ1v) is 8.15. The maximum Gasteiger partial charge on any atom is 0.114 e. The van der Waals surface area contributed by atoms with Crippen molar-refractivity contribution in [1.29, 1.82) is 0 Å². The van der Waals surface area contributed by atoms with Gasteiger partial charge in [-0.3, -0.25) is 0 Å². The SMILES string of the molecule is CCNC1(c2nc(C)c(C)s2)CCCCC1CC. The Hall–Kier alpha value is -0.410. The summed E-state index contributed by atoms with van der Waals surface area (Å²) in [5, 5.41) is 5.14. The highest BCUT2D eigenvalue weighted by atomic mass is 32.1. The number of nitrogens with zero attached hydrogens (tertiary/aromatic N) is 1. The van der Waals surface area contributed by atoms with E-state index in [9.17, 15) is 0 Å². The van der Waals surface area contributed by atoms with E-state index < -0.39 is 0 Å². The van der Waals surface area contributed by atoms with Gasteiger partial charge in [0.15, 0.2) is 0 Å². The van der Waals surface area contributed by atoms with E-state index in [1.54, 1.807) is 0 Å². The van der Waals surface area contributed by atoms with Gasteiger partial charge in [0.05, 0.1) is 11.2 Å². The zero-order valence-electron chi connectivity index (χ0n) is 12.2. The molecular weight excluding hydrogens is 240 g/mol. The Morgan fingerprint density at radius 2 is 2.11 bits per heavy atom. The standard InChI is InChI=1S/C15H26N2S/c1-5-13-9-7-8-10-15(13,16-6-2)14-17-11(3)12(4)18-14/h13,16H,5-10H2,1-4H3. The topological polar surface area (TPSA) is 24.9 Å². The molecule has 2 nitrogen and oxygen atoms in total. The summed E-state index contributed by atoms with van der Waals surface area (Å²) in [6.07, 6.45) is 6.58. The highest BCUT2D eigenvalue weighted by Crippen LogP contribution is 2.45. The van der Waals surface area contributed by atoms with Crippen LogP contribution in [0.1, 0.15) is 61.5 Å². The summed E-state index contributed by atoms with van der Waals surface area (Å²) in [6.45, 7) is 9.92. The Kier molecular flexibility index (Phi) is 4.44. The molecule has 0 saturated heterocycles. The van der Waals surface area contributed by atoms with Crippen molar-refractivity contribution in [3.8, 4) is 0 Å². The number of thiazole rings is 1. The molecule has 1 aromatic rings. The Morgan fingerprint density at radius 3 is 2.67 bits per heavy atom. The minimum absolute atomic E-state index is 0.158. The molecule has 0 spiro atoms. The molecular formula is C15H26N2S. The Morgan fingerprint density at radius 1 is 1.33 bits per heavy atom. The van der Waals surface area contributed by atoms with Gasteiger partial charge in [-0.25, -0.2) is 4.98 Å². The molecule has 0 aliphatic heterocycles. The monoisotopic (exact) mass is 266 g/mol. The first kappa shape index (κ1) is 14.0. The van der Waals surface area contributed by atoms with Gasteiger partial charge in [-0.05, 0) is 39.2 Å². The third kappa shape index (κ3) is 2.35. The number of aryl methyl sites for hydroxylation is 2. The van der Waals surface area contributed by atoms with Crippen molar-refractivity contribution in [3.05, 3.63) is 15.6 Å². The lowest BCUT2D eigenvalue weighted by molar-refractivity contribution is 0.137. The third-order valence-electron chi connectivity index (χ3n) is 4.47. The molecule has 102 valence electrons. The van der Waals surface area contributed by atoms with E-state index in [4.69, 9.17) is 4.98 Å². The first-order valence-electron chi connectivity index (χ1n) is 7.33. The van der Waals surface area contributed by atoms with Gasteiger partial charge in [-0.15, -0.1) is 11.3 Å². The van der Waals surface area contributed by atoms with Gasteiger partial charge in [0.25, 0.3) is 0 Å². The minimum atomic E-state index is 0.158. The van der Waals surface area contributed by atoms with Crippen LogP contribution < -0.4 is 5.32 Å². The molecule has 1 saturated carbocycles. The molecule has 1 aliphatic carbocycles. The van der Waals surface area contributed by atoms with E-state index in [0.717, 1.165) is 12.5 Å². The van der Waals surface area contributed by atoms with Crippen LogP contribution in [0.2, 0.25) is 0 Å². The number of aromatic nitrogens is 1. The maximum atomic E-state index is 4.88. The number of nitrogens with one attached hydrogen (secondary N) is 1. The number of hydrogen-bond acceptors (Lipinski definition) is 3. The van der Waals surface area contributed by atoms with E-state index >= 15 is 0 Å². The van der Waals surface area contributed by atoms with Crippen LogP contribution in [0.3, 0.4) is 0 Å². The van der Waals surface area contributed by atoms with E-state index in [1.807, 2.05) is 11.3 Å². The zero-order valence-corrected chi connectivity index (χ0v) is 13.0.